The van der Waals surface area contributed by atoms with E-state index in [9.17, 15) is 19.7 Å². The summed E-state index contributed by atoms with van der Waals surface area (Å²) < 4.78 is 0.944. The van der Waals surface area contributed by atoms with Gasteiger partial charge in [0.15, 0.2) is 0 Å². The number of Topliss-reactive ketones (excluding diaryl/α,β-unsaturated/α-hetero) is 1. The van der Waals surface area contributed by atoms with Gasteiger partial charge in [-0.25, -0.2) is 4.98 Å². The molecule has 8 heteroatoms. The molecule has 0 saturated heterocycles. The van der Waals surface area contributed by atoms with Gasteiger partial charge in [0, 0.05) is 17.8 Å². The van der Waals surface area contributed by atoms with Crippen molar-refractivity contribution in [2.24, 2.45) is 0 Å². The number of fused-ring (bicyclic) bond motifs is 1. The van der Waals surface area contributed by atoms with Crippen LogP contribution >= 0.6 is 11.3 Å². The van der Waals surface area contributed by atoms with Crippen LogP contribution in [0.5, 0.6) is 0 Å². The van der Waals surface area contributed by atoms with Gasteiger partial charge < -0.3 is 5.32 Å². The molecule has 0 aliphatic rings. The van der Waals surface area contributed by atoms with Crippen molar-refractivity contribution in [1.82, 2.24) is 4.98 Å². The zero-order chi connectivity index (χ0) is 17.1. The Balaban J connectivity index is 1.69. The highest BCUT2D eigenvalue weighted by Crippen LogP contribution is 2.22. The van der Waals surface area contributed by atoms with E-state index in [0.29, 0.717) is 5.01 Å². The number of hydrogen-bond donors (Lipinski definition) is 1. The third-order valence-corrected chi connectivity index (χ3v) is 4.25. The van der Waals surface area contributed by atoms with Crippen LogP contribution in [0.4, 0.5) is 11.4 Å². The molecule has 2 aromatic carbocycles. The van der Waals surface area contributed by atoms with E-state index >= 15 is 0 Å². The summed E-state index contributed by atoms with van der Waals surface area (Å²) in [6.07, 6.45) is -0.111. The van der Waals surface area contributed by atoms with Gasteiger partial charge in [-0.05, 0) is 18.2 Å². The Morgan fingerprint density at radius 3 is 2.71 bits per heavy atom. The molecule has 1 amide bonds. The maximum atomic E-state index is 12.0. The first kappa shape index (κ1) is 15.8. The monoisotopic (exact) mass is 341 g/mol. The van der Waals surface area contributed by atoms with Gasteiger partial charge in [-0.3, -0.25) is 19.7 Å². The van der Waals surface area contributed by atoms with Gasteiger partial charge in [-0.1, -0.05) is 18.2 Å². The second-order valence-electron chi connectivity index (χ2n) is 4.94. The smallest absolute Gasteiger partial charge is 0.292 e. The maximum Gasteiger partial charge on any atom is 0.292 e. The van der Waals surface area contributed by atoms with Crippen LogP contribution in [0.25, 0.3) is 10.2 Å². The topological polar surface area (TPSA) is 102 Å². The van der Waals surface area contributed by atoms with Crippen LogP contribution in [0.1, 0.15) is 5.01 Å². The number of amides is 1. The number of nitro groups is 1. The lowest BCUT2D eigenvalue weighted by atomic mass is 10.2. The van der Waals surface area contributed by atoms with Crippen LogP contribution in [0.2, 0.25) is 0 Å². The van der Waals surface area contributed by atoms with Crippen LogP contribution in [0.15, 0.2) is 48.5 Å². The molecule has 0 spiro atoms. The number of ketones is 1. The maximum absolute atomic E-state index is 12.0. The highest BCUT2D eigenvalue weighted by Gasteiger charge is 2.18. The SMILES string of the molecule is O=C(Cc1nc2ccccc2s1)C(=O)Nc1cccc([N+](=O)[O-])c1. The van der Waals surface area contributed by atoms with Crippen LogP contribution < -0.4 is 5.32 Å². The highest BCUT2D eigenvalue weighted by atomic mass is 32.1. The minimum Gasteiger partial charge on any atom is -0.319 e. The lowest BCUT2D eigenvalue weighted by Gasteiger charge is -2.03. The Morgan fingerprint density at radius 2 is 1.96 bits per heavy atom. The quantitative estimate of drug-likeness (QED) is 0.437. The van der Waals surface area contributed by atoms with E-state index in [1.807, 2.05) is 24.3 Å². The summed E-state index contributed by atoms with van der Waals surface area (Å²) in [4.78, 5) is 38.4. The largest absolute Gasteiger partial charge is 0.319 e. The fraction of sp³-hybridized carbons (Fsp3) is 0.0625. The number of carbonyl (C=O) groups is 2. The molecule has 1 heterocycles. The van der Waals surface area contributed by atoms with Gasteiger partial charge in [0.1, 0.15) is 5.01 Å². The van der Waals surface area contributed by atoms with Crippen molar-refractivity contribution in [2.45, 2.75) is 6.42 Å². The molecular weight excluding hydrogens is 330 g/mol. The van der Waals surface area contributed by atoms with Crippen molar-refractivity contribution in [3.8, 4) is 0 Å². The molecule has 0 atom stereocenters. The molecule has 0 unspecified atom stereocenters. The fourth-order valence-electron chi connectivity index (χ4n) is 2.11. The first-order chi connectivity index (χ1) is 11.5. The lowest BCUT2D eigenvalue weighted by Crippen LogP contribution is -2.24. The number of anilines is 1. The summed E-state index contributed by atoms with van der Waals surface area (Å²) in [7, 11) is 0. The van der Waals surface area contributed by atoms with E-state index in [4.69, 9.17) is 0 Å². The zero-order valence-electron chi connectivity index (χ0n) is 12.3. The van der Waals surface area contributed by atoms with E-state index in [1.54, 1.807) is 0 Å². The predicted molar refractivity (Wildman–Crippen MR) is 90.1 cm³/mol. The molecule has 0 fully saturated rings. The number of nitrogens with zero attached hydrogens (tertiary/aromatic N) is 2. The molecule has 3 rings (SSSR count). The van der Waals surface area contributed by atoms with Crippen LogP contribution in [0, 0.1) is 10.1 Å². The van der Waals surface area contributed by atoms with Gasteiger partial charge in [0.2, 0.25) is 5.78 Å². The summed E-state index contributed by atoms with van der Waals surface area (Å²) in [6, 6.07) is 12.9. The fourth-order valence-corrected chi connectivity index (χ4v) is 3.08. The second-order valence-corrected chi connectivity index (χ2v) is 6.05. The van der Waals surface area contributed by atoms with Crippen LogP contribution in [-0.4, -0.2) is 21.6 Å². The molecule has 0 aliphatic carbocycles. The van der Waals surface area contributed by atoms with Gasteiger partial charge in [-0.15, -0.1) is 11.3 Å². The van der Waals surface area contributed by atoms with E-state index < -0.39 is 16.6 Å². The summed E-state index contributed by atoms with van der Waals surface area (Å²) in [5.41, 5.74) is 0.822. The molecule has 120 valence electrons. The van der Waals surface area contributed by atoms with Gasteiger partial charge in [0.25, 0.3) is 11.6 Å². The Hall–Kier alpha value is -3.13. The van der Waals surface area contributed by atoms with Crippen molar-refractivity contribution < 1.29 is 14.5 Å². The number of rotatable bonds is 5. The number of hydrogen-bond acceptors (Lipinski definition) is 6. The Morgan fingerprint density at radius 1 is 1.17 bits per heavy atom. The Kier molecular flexibility index (Phi) is 4.30. The molecule has 1 N–H and O–H groups in total. The minimum absolute atomic E-state index is 0.111. The third kappa shape index (κ3) is 3.44. The number of nitro benzene ring substituents is 1. The number of carbonyl (C=O) groups excluding carboxylic acids is 2. The molecular formula is C16H11N3O4S. The second kappa shape index (κ2) is 6.55. The third-order valence-electron chi connectivity index (χ3n) is 3.22. The van der Waals surface area contributed by atoms with Crippen molar-refractivity contribution >= 4 is 44.6 Å². The number of non-ortho nitro benzene ring substituents is 1. The normalized spacial score (nSPS) is 10.5. The molecule has 0 radical (unpaired) electrons. The summed E-state index contributed by atoms with van der Waals surface area (Å²) >= 11 is 1.35. The average molecular weight is 341 g/mol. The lowest BCUT2D eigenvalue weighted by molar-refractivity contribution is -0.384. The standard InChI is InChI=1S/C16H11N3O4S/c20-13(9-15-18-12-6-1-2-7-14(12)24-15)16(21)17-10-4-3-5-11(8-10)19(22)23/h1-8H,9H2,(H,17,21). The molecule has 0 bridgehead atoms. The zero-order valence-corrected chi connectivity index (χ0v) is 13.1. The summed E-state index contributed by atoms with van der Waals surface area (Å²) in [5.74, 6) is -1.48. The number of nitrogens with one attached hydrogen (secondary N) is 1. The van der Waals surface area contributed by atoms with Crippen molar-refractivity contribution in [2.75, 3.05) is 5.32 Å². The number of para-hydroxylation sites is 1. The Labute approximate surface area is 140 Å². The number of thiazole rings is 1. The van der Waals surface area contributed by atoms with Crippen molar-refractivity contribution in [3.05, 3.63) is 63.7 Å². The molecule has 7 nitrogen and oxygen atoms in total. The first-order valence-corrected chi connectivity index (χ1v) is 7.77. The van der Waals surface area contributed by atoms with Crippen LogP contribution in [-0.2, 0) is 16.0 Å². The Bertz CT molecular complexity index is 918. The predicted octanol–water partition coefficient (Wildman–Crippen LogP) is 2.95. The van der Waals surface area contributed by atoms with E-state index in [0.717, 1.165) is 10.2 Å². The van der Waals surface area contributed by atoms with E-state index in [-0.39, 0.29) is 17.8 Å². The van der Waals surface area contributed by atoms with E-state index in [1.165, 1.54) is 35.6 Å². The van der Waals surface area contributed by atoms with Crippen molar-refractivity contribution in [3.63, 3.8) is 0 Å². The number of benzene rings is 2. The molecule has 24 heavy (non-hydrogen) atoms. The van der Waals surface area contributed by atoms with Gasteiger partial charge in [0.05, 0.1) is 21.6 Å². The molecule has 1 aromatic heterocycles. The van der Waals surface area contributed by atoms with Crippen molar-refractivity contribution in [1.29, 1.82) is 0 Å². The van der Waals surface area contributed by atoms with E-state index in [2.05, 4.69) is 10.3 Å². The minimum atomic E-state index is -0.824. The first-order valence-electron chi connectivity index (χ1n) is 6.96. The van der Waals surface area contributed by atoms with Gasteiger partial charge >= 0.3 is 0 Å². The average Bonchev–Trinajstić information content (AvgIpc) is 2.97. The number of aromatic nitrogens is 1. The van der Waals surface area contributed by atoms with Gasteiger partial charge in [-0.2, -0.15) is 0 Å². The molecule has 3 aromatic rings. The molecule has 0 saturated carbocycles. The molecule has 0 aliphatic heterocycles. The van der Waals surface area contributed by atoms with Crippen LogP contribution in [0.3, 0.4) is 0 Å². The highest BCUT2D eigenvalue weighted by molar-refractivity contribution is 7.18. The summed E-state index contributed by atoms with van der Waals surface area (Å²) in [5, 5.41) is 13.6. The summed E-state index contributed by atoms with van der Waals surface area (Å²) in [6.45, 7) is 0.